The van der Waals surface area contributed by atoms with Crippen molar-refractivity contribution in [2.24, 2.45) is 0 Å². The lowest BCUT2D eigenvalue weighted by Gasteiger charge is -2.08. The van der Waals surface area contributed by atoms with E-state index in [0.717, 1.165) is 6.07 Å². The Morgan fingerprint density at radius 2 is 2.00 bits per heavy atom. The van der Waals surface area contributed by atoms with Gasteiger partial charge >= 0.3 is 5.97 Å². The van der Waals surface area contributed by atoms with E-state index in [1.54, 1.807) is 24.3 Å². The third-order valence-corrected chi connectivity index (χ3v) is 3.08. The van der Waals surface area contributed by atoms with Gasteiger partial charge in [0.1, 0.15) is 18.2 Å². The Morgan fingerprint density at radius 1 is 1.25 bits per heavy atom. The SMILES string of the molecule is COc1ccc(C(=O)OCc2ccccc2Cl)c(F)c1. The van der Waals surface area contributed by atoms with Crippen LogP contribution in [0.3, 0.4) is 0 Å². The van der Waals surface area contributed by atoms with E-state index < -0.39 is 11.8 Å². The number of esters is 1. The fraction of sp³-hybridized carbons (Fsp3) is 0.133. The summed E-state index contributed by atoms with van der Waals surface area (Å²) in [5.41, 5.74) is 0.522. The number of hydrogen-bond donors (Lipinski definition) is 0. The van der Waals surface area contributed by atoms with Gasteiger partial charge in [-0.25, -0.2) is 9.18 Å². The van der Waals surface area contributed by atoms with Crippen LogP contribution in [0.5, 0.6) is 5.75 Å². The van der Waals surface area contributed by atoms with Crippen molar-refractivity contribution in [1.82, 2.24) is 0 Å². The Balaban J connectivity index is 2.07. The van der Waals surface area contributed by atoms with Gasteiger partial charge < -0.3 is 9.47 Å². The van der Waals surface area contributed by atoms with Crippen molar-refractivity contribution in [2.75, 3.05) is 7.11 Å². The molecule has 0 radical (unpaired) electrons. The molecule has 0 unspecified atom stereocenters. The summed E-state index contributed by atoms with van der Waals surface area (Å²) < 4.78 is 23.6. The summed E-state index contributed by atoms with van der Waals surface area (Å²) >= 11 is 5.94. The second-order valence-corrected chi connectivity index (χ2v) is 4.42. The molecule has 2 aromatic rings. The molecule has 0 aromatic heterocycles. The molecule has 0 bridgehead atoms. The average molecular weight is 295 g/mol. The molecule has 2 rings (SSSR count). The summed E-state index contributed by atoms with van der Waals surface area (Å²) in [5, 5.41) is 0.496. The van der Waals surface area contributed by atoms with Crippen molar-refractivity contribution in [3.8, 4) is 5.75 Å². The minimum absolute atomic E-state index is 0.00994. The van der Waals surface area contributed by atoms with Crippen LogP contribution in [0.15, 0.2) is 42.5 Å². The predicted octanol–water partition coefficient (Wildman–Crippen LogP) is 3.84. The van der Waals surface area contributed by atoms with E-state index in [-0.39, 0.29) is 12.2 Å². The second-order valence-electron chi connectivity index (χ2n) is 4.01. The van der Waals surface area contributed by atoms with E-state index in [2.05, 4.69) is 0 Å². The van der Waals surface area contributed by atoms with Crippen LogP contribution in [-0.2, 0) is 11.3 Å². The lowest BCUT2D eigenvalue weighted by atomic mass is 10.2. The Hall–Kier alpha value is -2.07. The molecule has 0 aliphatic carbocycles. The number of halogens is 2. The highest BCUT2D eigenvalue weighted by Gasteiger charge is 2.14. The molecule has 104 valence electrons. The first-order valence-corrected chi connectivity index (χ1v) is 6.23. The molecule has 0 saturated heterocycles. The molecule has 0 amide bonds. The van der Waals surface area contributed by atoms with Crippen molar-refractivity contribution in [2.45, 2.75) is 6.61 Å². The van der Waals surface area contributed by atoms with Gasteiger partial charge in [0.15, 0.2) is 0 Å². The van der Waals surface area contributed by atoms with E-state index in [9.17, 15) is 9.18 Å². The Labute approximate surface area is 120 Å². The molecule has 2 aromatic carbocycles. The molecule has 0 aliphatic heterocycles. The number of hydrogen-bond acceptors (Lipinski definition) is 3. The quantitative estimate of drug-likeness (QED) is 0.804. The first-order valence-electron chi connectivity index (χ1n) is 5.86. The zero-order valence-corrected chi connectivity index (χ0v) is 11.5. The summed E-state index contributed by atoms with van der Waals surface area (Å²) in [6.07, 6.45) is 0. The fourth-order valence-corrected chi connectivity index (χ4v) is 1.82. The summed E-state index contributed by atoms with van der Waals surface area (Å²) in [6, 6.07) is 10.9. The van der Waals surface area contributed by atoms with Crippen molar-refractivity contribution in [3.63, 3.8) is 0 Å². The Bertz CT molecular complexity index is 628. The van der Waals surface area contributed by atoms with Gasteiger partial charge in [-0.15, -0.1) is 0 Å². The van der Waals surface area contributed by atoms with E-state index in [4.69, 9.17) is 21.1 Å². The molecule has 5 heteroatoms. The van der Waals surface area contributed by atoms with Crippen LogP contribution in [0.25, 0.3) is 0 Å². The first-order chi connectivity index (χ1) is 9.61. The van der Waals surface area contributed by atoms with Crippen LogP contribution in [0, 0.1) is 5.82 Å². The molecule has 0 N–H and O–H groups in total. The van der Waals surface area contributed by atoms with E-state index in [1.807, 2.05) is 0 Å². The minimum Gasteiger partial charge on any atom is -0.497 e. The number of ether oxygens (including phenoxy) is 2. The van der Waals surface area contributed by atoms with Gasteiger partial charge in [0.25, 0.3) is 0 Å². The monoisotopic (exact) mass is 294 g/mol. The molecular formula is C15H12ClFO3. The van der Waals surface area contributed by atoms with Crippen molar-refractivity contribution >= 4 is 17.6 Å². The van der Waals surface area contributed by atoms with Gasteiger partial charge in [-0.2, -0.15) is 0 Å². The van der Waals surface area contributed by atoms with Crippen LogP contribution in [0.2, 0.25) is 5.02 Å². The number of carbonyl (C=O) groups is 1. The van der Waals surface area contributed by atoms with Crippen LogP contribution in [0.1, 0.15) is 15.9 Å². The maximum Gasteiger partial charge on any atom is 0.341 e. The molecule has 3 nitrogen and oxygen atoms in total. The zero-order chi connectivity index (χ0) is 14.5. The third-order valence-electron chi connectivity index (χ3n) is 2.71. The standard InChI is InChI=1S/C15H12ClFO3/c1-19-11-6-7-12(14(17)8-11)15(18)20-9-10-4-2-3-5-13(10)16/h2-8H,9H2,1H3. The lowest BCUT2D eigenvalue weighted by molar-refractivity contribution is 0.0467. The van der Waals surface area contributed by atoms with Gasteiger partial charge in [-0.3, -0.25) is 0 Å². The second kappa shape index (κ2) is 6.39. The molecule has 20 heavy (non-hydrogen) atoms. The van der Waals surface area contributed by atoms with E-state index >= 15 is 0 Å². The molecule has 0 aliphatic rings. The van der Waals surface area contributed by atoms with Gasteiger partial charge in [0.05, 0.1) is 12.7 Å². The molecule has 0 spiro atoms. The number of rotatable bonds is 4. The summed E-state index contributed by atoms with van der Waals surface area (Å²) in [6.45, 7) is -0.00994. The van der Waals surface area contributed by atoms with Crippen molar-refractivity contribution in [3.05, 3.63) is 64.4 Å². The van der Waals surface area contributed by atoms with Crippen molar-refractivity contribution in [1.29, 1.82) is 0 Å². The highest BCUT2D eigenvalue weighted by Crippen LogP contribution is 2.19. The molecule has 0 saturated carbocycles. The molecule has 0 atom stereocenters. The number of carbonyl (C=O) groups excluding carboxylic acids is 1. The maximum absolute atomic E-state index is 13.7. The van der Waals surface area contributed by atoms with Gasteiger partial charge in [0.2, 0.25) is 0 Å². The molecule has 0 fully saturated rings. The fourth-order valence-electron chi connectivity index (χ4n) is 1.62. The Kier molecular flexibility index (Phi) is 4.58. The van der Waals surface area contributed by atoms with Gasteiger partial charge in [-0.1, -0.05) is 29.8 Å². The summed E-state index contributed by atoms with van der Waals surface area (Å²) in [7, 11) is 1.42. The number of methoxy groups -OCH3 is 1. The smallest absolute Gasteiger partial charge is 0.341 e. The highest BCUT2D eigenvalue weighted by atomic mass is 35.5. The van der Waals surface area contributed by atoms with Crippen LogP contribution in [-0.4, -0.2) is 13.1 Å². The van der Waals surface area contributed by atoms with Crippen LogP contribution in [0.4, 0.5) is 4.39 Å². The van der Waals surface area contributed by atoms with Crippen molar-refractivity contribution < 1.29 is 18.7 Å². The van der Waals surface area contributed by atoms with Crippen LogP contribution < -0.4 is 4.74 Å². The third kappa shape index (κ3) is 3.27. The highest BCUT2D eigenvalue weighted by molar-refractivity contribution is 6.31. The van der Waals surface area contributed by atoms with Crippen LogP contribution >= 0.6 is 11.6 Å². The van der Waals surface area contributed by atoms with E-state index in [0.29, 0.717) is 16.3 Å². The predicted molar refractivity (Wildman–Crippen MR) is 73.5 cm³/mol. The summed E-state index contributed by atoms with van der Waals surface area (Å²) in [4.78, 5) is 11.8. The maximum atomic E-state index is 13.7. The van der Waals surface area contributed by atoms with Gasteiger partial charge in [-0.05, 0) is 18.2 Å². The van der Waals surface area contributed by atoms with Gasteiger partial charge in [0, 0.05) is 16.7 Å². The largest absolute Gasteiger partial charge is 0.497 e. The topological polar surface area (TPSA) is 35.5 Å². The molecule has 0 heterocycles. The summed E-state index contributed by atoms with van der Waals surface area (Å²) in [5.74, 6) is -1.09. The lowest BCUT2D eigenvalue weighted by Crippen LogP contribution is -2.08. The first kappa shape index (κ1) is 14.3. The molecular weight excluding hydrogens is 283 g/mol. The normalized spacial score (nSPS) is 10.2. The van der Waals surface area contributed by atoms with E-state index in [1.165, 1.54) is 19.2 Å². The minimum atomic E-state index is -0.745. The average Bonchev–Trinajstić information content (AvgIpc) is 2.46. The Morgan fingerprint density at radius 3 is 2.65 bits per heavy atom. The zero-order valence-electron chi connectivity index (χ0n) is 10.7. The number of benzene rings is 2.